The molecule has 2 heterocycles. The first kappa shape index (κ1) is 26.8. The van der Waals surface area contributed by atoms with Gasteiger partial charge in [0, 0.05) is 44.8 Å². The summed E-state index contributed by atoms with van der Waals surface area (Å²) in [7, 11) is 3.61. The van der Waals surface area contributed by atoms with Crippen molar-refractivity contribution >= 4 is 17.0 Å². The number of alkyl halides is 6. The highest BCUT2D eigenvalue weighted by atomic mass is 32.1. The van der Waals surface area contributed by atoms with E-state index in [0.29, 0.717) is 22.8 Å². The van der Waals surface area contributed by atoms with Crippen LogP contribution in [0.15, 0.2) is 56.1 Å². The van der Waals surface area contributed by atoms with Crippen molar-refractivity contribution in [3.8, 4) is 10.7 Å². The number of benzene rings is 1. The molecule has 5 nitrogen and oxygen atoms in total. The van der Waals surface area contributed by atoms with Crippen molar-refractivity contribution in [1.29, 1.82) is 0 Å². The summed E-state index contributed by atoms with van der Waals surface area (Å²) in [6.45, 7) is 7.07. The minimum Gasteiger partial charge on any atom is -0.405 e. The SMILES string of the molecule is C=C(c1cnc(-c2nccnc2Cc2cc(C(F)(F)F)cc(C(F)(F)F)c2)s1)N(C)C.C=CN. The first-order valence-electron chi connectivity index (χ1n) is 9.51. The summed E-state index contributed by atoms with van der Waals surface area (Å²) in [5, 5.41) is 0.434. The van der Waals surface area contributed by atoms with Crippen molar-refractivity contribution in [2.75, 3.05) is 14.1 Å². The van der Waals surface area contributed by atoms with Gasteiger partial charge in [0.15, 0.2) is 0 Å². The van der Waals surface area contributed by atoms with Crippen LogP contribution in [0.4, 0.5) is 26.3 Å². The molecule has 34 heavy (non-hydrogen) atoms. The summed E-state index contributed by atoms with van der Waals surface area (Å²) >= 11 is 1.25. The molecule has 0 saturated carbocycles. The Morgan fingerprint density at radius 1 is 1.00 bits per heavy atom. The average Bonchev–Trinajstić information content (AvgIpc) is 3.22. The Bertz CT molecular complexity index is 1120. The first-order chi connectivity index (χ1) is 15.8. The monoisotopic (exact) mass is 501 g/mol. The van der Waals surface area contributed by atoms with Crippen molar-refractivity contribution in [3.05, 3.63) is 83.4 Å². The third kappa shape index (κ3) is 6.80. The van der Waals surface area contributed by atoms with Crippen LogP contribution in [0.2, 0.25) is 0 Å². The first-order valence-corrected chi connectivity index (χ1v) is 10.3. The molecule has 0 aliphatic carbocycles. The fourth-order valence-corrected chi connectivity index (χ4v) is 3.71. The molecule has 12 heteroatoms. The van der Waals surface area contributed by atoms with Crippen LogP contribution in [0.3, 0.4) is 0 Å². The van der Waals surface area contributed by atoms with E-state index in [1.54, 1.807) is 25.2 Å². The maximum absolute atomic E-state index is 13.1. The number of halogens is 6. The van der Waals surface area contributed by atoms with Crippen molar-refractivity contribution in [2.24, 2.45) is 5.73 Å². The smallest absolute Gasteiger partial charge is 0.405 e. The largest absolute Gasteiger partial charge is 0.416 e. The lowest BCUT2D eigenvalue weighted by atomic mass is 10.0. The van der Waals surface area contributed by atoms with Gasteiger partial charge in [-0.2, -0.15) is 26.3 Å². The molecule has 0 atom stereocenters. The lowest BCUT2D eigenvalue weighted by Crippen LogP contribution is -2.12. The van der Waals surface area contributed by atoms with Gasteiger partial charge >= 0.3 is 12.4 Å². The number of hydrogen-bond donors (Lipinski definition) is 1. The summed E-state index contributed by atoms with van der Waals surface area (Å²) in [4.78, 5) is 15.1. The van der Waals surface area contributed by atoms with E-state index >= 15 is 0 Å². The van der Waals surface area contributed by atoms with E-state index in [4.69, 9.17) is 0 Å². The highest BCUT2D eigenvalue weighted by Gasteiger charge is 2.37. The standard InChI is InChI=1S/C20H16F6N4S.C2H5N/c1-11(30(2)3)16-10-29-18(31-16)17-15(27-4-5-28-17)8-12-6-13(19(21,22)23)9-14(7-12)20(24,25)26;1-2-3/h4-7,9-10H,1,8H2,2-3H3;2H,1,3H2. The van der Waals surface area contributed by atoms with Crippen LogP contribution in [-0.4, -0.2) is 33.9 Å². The summed E-state index contributed by atoms with van der Waals surface area (Å²) in [5.74, 6) is 0. The predicted octanol–water partition coefficient (Wildman–Crippen LogP) is 5.85. The molecule has 0 saturated heterocycles. The Hall–Kier alpha value is -3.41. The van der Waals surface area contributed by atoms with E-state index in [2.05, 4.69) is 33.8 Å². The van der Waals surface area contributed by atoms with E-state index in [1.807, 2.05) is 0 Å². The van der Waals surface area contributed by atoms with Gasteiger partial charge in [0.2, 0.25) is 0 Å². The van der Waals surface area contributed by atoms with Crippen LogP contribution in [0.5, 0.6) is 0 Å². The molecule has 1 aromatic carbocycles. The van der Waals surface area contributed by atoms with E-state index in [9.17, 15) is 26.3 Å². The molecule has 3 rings (SSSR count). The minimum absolute atomic E-state index is 0.0983. The Morgan fingerprint density at radius 3 is 2.03 bits per heavy atom. The number of thiazole rings is 1. The zero-order chi connectivity index (χ0) is 25.7. The van der Waals surface area contributed by atoms with Crippen LogP contribution in [0.25, 0.3) is 16.4 Å². The second-order valence-electron chi connectivity index (χ2n) is 7.05. The second kappa shape index (κ2) is 10.7. The van der Waals surface area contributed by atoms with Gasteiger partial charge in [-0.1, -0.05) is 13.2 Å². The number of nitrogens with two attached hydrogens (primary N) is 1. The third-order valence-corrected chi connectivity index (χ3v) is 5.38. The number of nitrogens with zero attached hydrogens (tertiary/aromatic N) is 4. The molecule has 2 aromatic heterocycles. The Balaban J connectivity index is 0.00000129. The van der Waals surface area contributed by atoms with Gasteiger partial charge in [0.25, 0.3) is 0 Å². The lowest BCUT2D eigenvalue weighted by Gasteiger charge is -2.14. The fourth-order valence-electron chi connectivity index (χ4n) is 2.73. The van der Waals surface area contributed by atoms with Crippen LogP contribution in [0, 0.1) is 0 Å². The molecule has 0 spiro atoms. The molecule has 0 aliphatic heterocycles. The summed E-state index contributed by atoms with van der Waals surface area (Å²) in [6.07, 6.45) is -4.58. The fraction of sp³-hybridized carbons (Fsp3) is 0.227. The van der Waals surface area contributed by atoms with Gasteiger partial charge in [0.05, 0.1) is 21.7 Å². The third-order valence-electron chi connectivity index (χ3n) is 4.33. The second-order valence-corrected chi connectivity index (χ2v) is 8.08. The predicted molar refractivity (Wildman–Crippen MR) is 119 cm³/mol. The molecule has 0 bridgehead atoms. The minimum atomic E-state index is -4.92. The van der Waals surface area contributed by atoms with Gasteiger partial charge in [-0.3, -0.25) is 9.97 Å². The topological polar surface area (TPSA) is 67.9 Å². The van der Waals surface area contributed by atoms with Crippen molar-refractivity contribution < 1.29 is 26.3 Å². The van der Waals surface area contributed by atoms with Crippen molar-refractivity contribution in [1.82, 2.24) is 19.9 Å². The molecule has 0 amide bonds. The molecule has 2 N–H and O–H groups in total. The molecular weight excluding hydrogens is 480 g/mol. The Kier molecular flexibility index (Phi) is 8.43. The quantitative estimate of drug-likeness (QED) is 0.445. The molecule has 0 radical (unpaired) electrons. The summed E-state index contributed by atoms with van der Waals surface area (Å²) in [5.41, 5.74) is 2.88. The average molecular weight is 502 g/mol. The maximum atomic E-state index is 13.1. The highest BCUT2D eigenvalue weighted by molar-refractivity contribution is 7.16. The van der Waals surface area contributed by atoms with Crippen molar-refractivity contribution in [2.45, 2.75) is 18.8 Å². The normalized spacial score (nSPS) is 11.4. The lowest BCUT2D eigenvalue weighted by molar-refractivity contribution is -0.143. The van der Waals surface area contributed by atoms with Crippen molar-refractivity contribution in [3.63, 3.8) is 0 Å². The zero-order valence-electron chi connectivity index (χ0n) is 18.2. The number of hydrogen-bond acceptors (Lipinski definition) is 6. The summed E-state index contributed by atoms with van der Waals surface area (Å²) < 4.78 is 78.9. The summed E-state index contributed by atoms with van der Waals surface area (Å²) in [6, 6.07) is 1.48. The van der Waals surface area contributed by atoms with Gasteiger partial charge in [-0.25, -0.2) is 4.98 Å². The zero-order valence-corrected chi connectivity index (χ0v) is 19.0. The van der Waals surface area contributed by atoms with Crippen LogP contribution in [0.1, 0.15) is 27.3 Å². The molecule has 0 unspecified atom stereocenters. The van der Waals surface area contributed by atoms with E-state index in [0.717, 1.165) is 4.88 Å². The number of aromatic nitrogens is 3. The molecule has 182 valence electrons. The van der Waals surface area contributed by atoms with E-state index in [1.165, 1.54) is 29.9 Å². The van der Waals surface area contributed by atoms with Crippen LogP contribution >= 0.6 is 11.3 Å². The van der Waals surface area contributed by atoms with Crippen LogP contribution < -0.4 is 5.73 Å². The Morgan fingerprint density at radius 2 is 1.53 bits per heavy atom. The molecule has 0 aliphatic rings. The number of rotatable bonds is 5. The maximum Gasteiger partial charge on any atom is 0.416 e. The van der Waals surface area contributed by atoms with Gasteiger partial charge in [0.1, 0.15) is 10.7 Å². The van der Waals surface area contributed by atoms with E-state index < -0.39 is 23.5 Å². The molecular formula is C22H21F6N5S. The highest BCUT2D eigenvalue weighted by Crippen LogP contribution is 2.37. The van der Waals surface area contributed by atoms with Gasteiger partial charge in [-0.15, -0.1) is 11.3 Å². The molecule has 3 aromatic rings. The Labute approximate surface area is 196 Å². The van der Waals surface area contributed by atoms with E-state index in [-0.39, 0.29) is 29.4 Å². The van der Waals surface area contributed by atoms with Gasteiger partial charge in [-0.05, 0) is 30.0 Å². The molecule has 0 fully saturated rings. The van der Waals surface area contributed by atoms with Crippen LogP contribution in [-0.2, 0) is 18.8 Å². The van der Waals surface area contributed by atoms with Gasteiger partial charge < -0.3 is 10.6 Å².